The maximum Gasteiger partial charge on any atom is 0.0253 e. The van der Waals surface area contributed by atoms with Crippen LogP contribution in [0.4, 0.5) is 0 Å². The number of hydrogen-bond donors (Lipinski definition) is 1. The topological polar surface area (TPSA) is 27.1 Å². The van der Waals surface area contributed by atoms with E-state index in [4.69, 9.17) is 5.41 Å². The molecule has 0 radical (unpaired) electrons. The van der Waals surface area contributed by atoms with Gasteiger partial charge in [-0.25, -0.2) is 0 Å². The molecule has 0 aromatic rings. The molecular weight excluding hydrogens is 112 g/mol. The predicted octanol–water partition coefficient (Wildman–Crippen LogP) is 0.887. The highest BCUT2D eigenvalue weighted by Gasteiger charge is 2.08. The molecule has 9 heavy (non-hydrogen) atoms. The number of rotatable bonds is 2. The first-order chi connectivity index (χ1) is 4.43. The second-order valence-corrected chi connectivity index (χ2v) is 2.36. The SMILES string of the molecule is N=C=CCN1CCCC1. The molecule has 1 N–H and O–H groups in total. The average molecular weight is 124 g/mol. The molecule has 1 fully saturated rings. The lowest BCUT2D eigenvalue weighted by Gasteiger charge is -2.08. The van der Waals surface area contributed by atoms with Crippen LogP contribution in [0.5, 0.6) is 0 Å². The van der Waals surface area contributed by atoms with Crippen LogP contribution in [-0.4, -0.2) is 30.4 Å². The van der Waals surface area contributed by atoms with Crippen LogP contribution >= 0.6 is 0 Å². The van der Waals surface area contributed by atoms with Crippen LogP contribution < -0.4 is 0 Å². The van der Waals surface area contributed by atoms with E-state index in [1.54, 1.807) is 6.08 Å². The van der Waals surface area contributed by atoms with Gasteiger partial charge in [0.1, 0.15) is 0 Å². The van der Waals surface area contributed by atoms with E-state index in [1.165, 1.54) is 25.9 Å². The Morgan fingerprint density at radius 3 is 2.67 bits per heavy atom. The van der Waals surface area contributed by atoms with Crippen LogP contribution in [0.15, 0.2) is 6.08 Å². The summed E-state index contributed by atoms with van der Waals surface area (Å²) in [6.45, 7) is 3.33. The molecule has 0 unspecified atom stereocenters. The number of likely N-dealkylation sites (tertiary alicyclic amines) is 1. The van der Waals surface area contributed by atoms with Crippen LogP contribution in [0, 0.1) is 5.41 Å². The smallest absolute Gasteiger partial charge is 0.0253 e. The van der Waals surface area contributed by atoms with Gasteiger partial charge in [-0.1, -0.05) is 0 Å². The zero-order valence-corrected chi connectivity index (χ0v) is 5.56. The molecule has 0 bridgehead atoms. The number of hydrogen-bond acceptors (Lipinski definition) is 2. The minimum absolute atomic E-state index is 0.920. The average Bonchev–Trinajstić information content (AvgIpc) is 2.34. The molecule has 1 rings (SSSR count). The van der Waals surface area contributed by atoms with Gasteiger partial charge < -0.3 is 0 Å². The first-order valence-corrected chi connectivity index (χ1v) is 3.40. The molecule has 1 heterocycles. The fourth-order valence-electron chi connectivity index (χ4n) is 1.14. The van der Waals surface area contributed by atoms with E-state index in [2.05, 4.69) is 10.8 Å². The Bertz CT molecular complexity index is 119. The van der Waals surface area contributed by atoms with Gasteiger partial charge >= 0.3 is 0 Å². The molecule has 2 nitrogen and oxygen atoms in total. The van der Waals surface area contributed by atoms with Crippen LogP contribution in [0.1, 0.15) is 12.8 Å². The summed E-state index contributed by atoms with van der Waals surface area (Å²) >= 11 is 0. The van der Waals surface area contributed by atoms with Gasteiger partial charge in [-0.3, -0.25) is 10.3 Å². The fourth-order valence-corrected chi connectivity index (χ4v) is 1.14. The highest BCUT2D eigenvalue weighted by atomic mass is 15.1. The summed E-state index contributed by atoms with van der Waals surface area (Å²) in [6, 6.07) is 0. The van der Waals surface area contributed by atoms with Crippen molar-refractivity contribution in [1.82, 2.24) is 4.90 Å². The monoisotopic (exact) mass is 124 g/mol. The van der Waals surface area contributed by atoms with Crippen LogP contribution in [0.3, 0.4) is 0 Å². The second-order valence-electron chi connectivity index (χ2n) is 2.36. The van der Waals surface area contributed by atoms with Crippen molar-refractivity contribution in [2.45, 2.75) is 12.8 Å². The van der Waals surface area contributed by atoms with Crippen molar-refractivity contribution >= 4 is 5.87 Å². The summed E-state index contributed by atoms with van der Waals surface area (Å²) in [7, 11) is 0. The van der Waals surface area contributed by atoms with E-state index in [0.717, 1.165) is 6.54 Å². The Kier molecular flexibility index (Phi) is 2.49. The highest BCUT2D eigenvalue weighted by molar-refractivity contribution is 5.47. The first-order valence-electron chi connectivity index (χ1n) is 3.40. The third-order valence-electron chi connectivity index (χ3n) is 1.65. The summed E-state index contributed by atoms with van der Waals surface area (Å²) in [4.78, 5) is 2.33. The molecule has 0 saturated carbocycles. The number of nitrogens with zero attached hydrogens (tertiary/aromatic N) is 1. The van der Waals surface area contributed by atoms with Crippen molar-refractivity contribution in [2.75, 3.05) is 19.6 Å². The summed E-state index contributed by atoms with van der Waals surface area (Å²) in [5, 5.41) is 6.63. The van der Waals surface area contributed by atoms with Gasteiger partial charge in [-0.2, -0.15) is 0 Å². The van der Waals surface area contributed by atoms with Crippen molar-refractivity contribution in [3.05, 3.63) is 6.08 Å². The largest absolute Gasteiger partial charge is 0.299 e. The third kappa shape index (κ3) is 2.00. The minimum atomic E-state index is 0.920. The molecule has 0 aromatic heterocycles. The second kappa shape index (κ2) is 3.44. The van der Waals surface area contributed by atoms with Crippen molar-refractivity contribution in [2.24, 2.45) is 0 Å². The summed E-state index contributed by atoms with van der Waals surface area (Å²) in [5.41, 5.74) is 0. The molecule has 0 aliphatic carbocycles. The van der Waals surface area contributed by atoms with E-state index in [9.17, 15) is 0 Å². The molecule has 1 aliphatic heterocycles. The Hall–Kier alpha value is -0.590. The molecule has 1 aliphatic rings. The van der Waals surface area contributed by atoms with Gasteiger partial charge in [0.15, 0.2) is 0 Å². The molecule has 0 amide bonds. The van der Waals surface area contributed by atoms with Gasteiger partial charge in [0.05, 0.1) is 0 Å². The normalized spacial score (nSPS) is 19.6. The molecule has 0 aromatic carbocycles. The quantitative estimate of drug-likeness (QED) is 0.544. The molecule has 50 valence electrons. The van der Waals surface area contributed by atoms with E-state index < -0.39 is 0 Å². The standard InChI is InChI=1S/C7H12N2/c8-4-3-7-9-5-1-2-6-9/h3,8H,1-2,5-7H2. The molecule has 2 heteroatoms. The predicted molar refractivity (Wildman–Crippen MR) is 38.0 cm³/mol. The van der Waals surface area contributed by atoms with E-state index >= 15 is 0 Å². The summed E-state index contributed by atoms with van der Waals surface area (Å²) < 4.78 is 0. The molecular formula is C7H12N2. The lowest BCUT2D eigenvalue weighted by molar-refractivity contribution is 0.378. The van der Waals surface area contributed by atoms with E-state index in [1.807, 2.05) is 0 Å². The molecule has 0 atom stereocenters. The van der Waals surface area contributed by atoms with Crippen molar-refractivity contribution < 1.29 is 0 Å². The molecule has 0 spiro atoms. The van der Waals surface area contributed by atoms with Crippen molar-refractivity contribution in [3.63, 3.8) is 0 Å². The van der Waals surface area contributed by atoms with E-state index in [0.29, 0.717) is 0 Å². The minimum Gasteiger partial charge on any atom is -0.299 e. The maximum absolute atomic E-state index is 6.63. The van der Waals surface area contributed by atoms with Gasteiger partial charge in [-0.05, 0) is 37.9 Å². The lowest BCUT2D eigenvalue weighted by atomic mass is 10.4. The Balaban J connectivity index is 2.18. The third-order valence-corrected chi connectivity index (χ3v) is 1.65. The van der Waals surface area contributed by atoms with Crippen molar-refractivity contribution in [1.29, 1.82) is 5.41 Å². The van der Waals surface area contributed by atoms with Crippen LogP contribution in [-0.2, 0) is 0 Å². The molecule has 1 saturated heterocycles. The summed E-state index contributed by atoms with van der Waals surface area (Å²) in [5.74, 6) is 2.28. The van der Waals surface area contributed by atoms with Crippen molar-refractivity contribution in [3.8, 4) is 0 Å². The zero-order valence-electron chi connectivity index (χ0n) is 5.56. The highest BCUT2D eigenvalue weighted by Crippen LogP contribution is 2.05. The zero-order chi connectivity index (χ0) is 6.53. The Labute approximate surface area is 55.7 Å². The Morgan fingerprint density at radius 2 is 2.11 bits per heavy atom. The fraction of sp³-hybridized carbons (Fsp3) is 0.714. The lowest BCUT2D eigenvalue weighted by Crippen LogP contribution is -2.18. The van der Waals surface area contributed by atoms with Crippen LogP contribution in [0.25, 0.3) is 0 Å². The van der Waals surface area contributed by atoms with Gasteiger partial charge in [-0.15, -0.1) is 0 Å². The maximum atomic E-state index is 6.63. The van der Waals surface area contributed by atoms with Gasteiger partial charge in [0.25, 0.3) is 0 Å². The van der Waals surface area contributed by atoms with Gasteiger partial charge in [0, 0.05) is 6.54 Å². The summed E-state index contributed by atoms with van der Waals surface area (Å²) in [6.07, 6.45) is 4.42. The van der Waals surface area contributed by atoms with Crippen LogP contribution in [0.2, 0.25) is 0 Å². The number of nitrogens with one attached hydrogen (secondary N) is 1. The van der Waals surface area contributed by atoms with E-state index in [-0.39, 0.29) is 0 Å². The first kappa shape index (κ1) is 6.53. The van der Waals surface area contributed by atoms with Gasteiger partial charge in [0.2, 0.25) is 0 Å². The Morgan fingerprint density at radius 1 is 1.44 bits per heavy atom.